The summed E-state index contributed by atoms with van der Waals surface area (Å²) in [6, 6.07) is 58.8. The second-order valence-corrected chi connectivity index (χ2v) is 18.7. The zero-order valence-electron chi connectivity index (χ0n) is 33.1. The summed E-state index contributed by atoms with van der Waals surface area (Å²) in [6.07, 6.45) is 6.65. The molecule has 4 nitrogen and oxygen atoms in total. The number of fused-ring (bicyclic) bond motifs is 5. The molecule has 5 heteroatoms. The largest absolute Gasteiger partial charge is 0.455 e. The first-order valence-electron chi connectivity index (χ1n) is 21.5. The Morgan fingerprint density at radius 1 is 0.400 bits per heavy atom. The normalized spacial score (nSPS) is 22.5. The van der Waals surface area contributed by atoms with Crippen molar-refractivity contribution in [3.05, 3.63) is 175 Å². The lowest BCUT2D eigenvalue weighted by Crippen LogP contribution is -2.55. The van der Waals surface area contributed by atoms with Gasteiger partial charge in [-0.3, -0.25) is 0 Å². The summed E-state index contributed by atoms with van der Waals surface area (Å²) in [5, 5.41) is 0. The summed E-state index contributed by atoms with van der Waals surface area (Å²) < 4.78 is 6.71. The van der Waals surface area contributed by atoms with E-state index in [2.05, 4.69) is 164 Å². The molecule has 0 N–H and O–H groups in total. The molecular formula is C55H41N3OS. The van der Waals surface area contributed by atoms with E-state index in [1.54, 1.807) is 0 Å². The Kier molecular flexibility index (Phi) is 7.69. The Hall–Kier alpha value is -6.30. The molecule has 4 fully saturated rings. The second-order valence-electron chi connectivity index (χ2n) is 17.6. The highest BCUT2D eigenvalue weighted by molar-refractivity contribution is 7.99. The smallest absolute Gasteiger partial charge is 0.164 e. The van der Waals surface area contributed by atoms with E-state index in [1.165, 1.54) is 75.3 Å². The fraction of sp³-hybridized carbons (Fsp3) is 0.182. The molecule has 60 heavy (non-hydrogen) atoms. The Morgan fingerprint density at radius 2 is 0.933 bits per heavy atom. The van der Waals surface area contributed by atoms with Gasteiger partial charge in [0.1, 0.15) is 11.5 Å². The topological polar surface area (TPSA) is 47.9 Å². The van der Waals surface area contributed by atoms with Gasteiger partial charge in [0, 0.05) is 22.1 Å². The van der Waals surface area contributed by atoms with E-state index in [-0.39, 0.29) is 5.41 Å². The maximum absolute atomic E-state index is 6.71. The molecule has 0 atom stereocenters. The monoisotopic (exact) mass is 791 g/mol. The minimum absolute atomic E-state index is 0.0515. The van der Waals surface area contributed by atoms with Crippen molar-refractivity contribution < 1.29 is 4.74 Å². The number of ether oxygens (including phenoxy) is 1. The molecule has 4 bridgehead atoms. The fourth-order valence-electron chi connectivity index (χ4n) is 12.0. The lowest BCUT2D eigenvalue weighted by molar-refractivity contribution is -0.0399. The van der Waals surface area contributed by atoms with Crippen molar-refractivity contribution in [3.63, 3.8) is 0 Å². The minimum atomic E-state index is -0.0515. The number of hydrogen-bond donors (Lipinski definition) is 0. The SMILES string of the molecule is c1ccc(-c2ccc(-c3nc(-c4cccc(-c5ccccc5)c4)nc(-c4ccc5c(c4)C4(c6cc7c(cc6-5)Sc5ccccc5O7)C5CC6CC(C5)CC4C6)n3)cc2)cc1. The zero-order valence-corrected chi connectivity index (χ0v) is 33.9. The van der Waals surface area contributed by atoms with E-state index in [0.717, 1.165) is 51.2 Å². The summed E-state index contributed by atoms with van der Waals surface area (Å²) in [4.78, 5) is 18.2. The molecule has 8 aromatic rings. The highest BCUT2D eigenvalue weighted by atomic mass is 32.2. The first-order chi connectivity index (χ1) is 29.6. The molecule has 0 saturated heterocycles. The van der Waals surface area contributed by atoms with E-state index < -0.39 is 0 Å². The van der Waals surface area contributed by atoms with Gasteiger partial charge < -0.3 is 4.74 Å². The molecule has 6 aliphatic rings. The van der Waals surface area contributed by atoms with Crippen molar-refractivity contribution in [1.82, 2.24) is 15.0 Å². The second kappa shape index (κ2) is 13.4. The van der Waals surface area contributed by atoms with Crippen LogP contribution in [0.15, 0.2) is 174 Å². The maximum atomic E-state index is 6.71. The van der Waals surface area contributed by atoms with Gasteiger partial charge in [-0.05, 0) is 137 Å². The van der Waals surface area contributed by atoms with Crippen molar-refractivity contribution in [2.75, 3.05) is 0 Å². The van der Waals surface area contributed by atoms with Crippen LogP contribution in [0.3, 0.4) is 0 Å². The van der Waals surface area contributed by atoms with Crippen molar-refractivity contribution in [2.24, 2.45) is 23.7 Å². The number of benzene rings is 7. The fourth-order valence-corrected chi connectivity index (χ4v) is 13.0. The lowest BCUT2D eigenvalue weighted by atomic mass is 9.43. The van der Waals surface area contributed by atoms with Crippen LogP contribution in [0.25, 0.3) is 67.5 Å². The Morgan fingerprint density at radius 3 is 1.65 bits per heavy atom. The van der Waals surface area contributed by atoms with Gasteiger partial charge in [0.2, 0.25) is 0 Å². The third-order valence-corrected chi connectivity index (χ3v) is 15.5. The summed E-state index contributed by atoms with van der Waals surface area (Å²) in [7, 11) is 0. The van der Waals surface area contributed by atoms with Gasteiger partial charge in [-0.25, -0.2) is 15.0 Å². The number of nitrogens with zero attached hydrogens (tertiary/aromatic N) is 3. The van der Waals surface area contributed by atoms with E-state index in [0.29, 0.717) is 29.3 Å². The van der Waals surface area contributed by atoms with Crippen molar-refractivity contribution in [2.45, 2.75) is 47.3 Å². The molecule has 1 spiro atoms. The van der Waals surface area contributed by atoms with Crippen LogP contribution >= 0.6 is 11.8 Å². The van der Waals surface area contributed by atoms with Crippen LogP contribution in [0, 0.1) is 23.7 Å². The molecule has 14 rings (SSSR count). The van der Waals surface area contributed by atoms with E-state index in [4.69, 9.17) is 19.7 Å². The van der Waals surface area contributed by atoms with E-state index >= 15 is 0 Å². The first kappa shape index (κ1) is 34.6. The lowest BCUT2D eigenvalue weighted by Gasteiger charge is -2.61. The summed E-state index contributed by atoms with van der Waals surface area (Å²) >= 11 is 1.83. The molecule has 2 heterocycles. The van der Waals surface area contributed by atoms with Crippen LogP contribution in [-0.4, -0.2) is 15.0 Å². The third kappa shape index (κ3) is 5.34. The molecule has 4 saturated carbocycles. The van der Waals surface area contributed by atoms with Crippen molar-refractivity contribution >= 4 is 11.8 Å². The van der Waals surface area contributed by atoms with Crippen LogP contribution in [0.5, 0.6) is 11.5 Å². The minimum Gasteiger partial charge on any atom is -0.455 e. The number of rotatable bonds is 5. The van der Waals surface area contributed by atoms with Crippen LogP contribution in [-0.2, 0) is 5.41 Å². The molecule has 1 aliphatic heterocycles. The number of hydrogen-bond acceptors (Lipinski definition) is 5. The average Bonchev–Trinajstić information content (AvgIpc) is 3.58. The molecule has 0 unspecified atom stereocenters. The van der Waals surface area contributed by atoms with Gasteiger partial charge in [0.25, 0.3) is 0 Å². The third-order valence-electron chi connectivity index (χ3n) is 14.4. The van der Waals surface area contributed by atoms with Gasteiger partial charge in [0.15, 0.2) is 17.5 Å². The number of aromatic nitrogens is 3. The molecule has 0 radical (unpaired) electrons. The number of para-hydroxylation sites is 1. The van der Waals surface area contributed by atoms with Crippen molar-refractivity contribution in [1.29, 1.82) is 0 Å². The highest BCUT2D eigenvalue weighted by Gasteiger charge is 2.62. The van der Waals surface area contributed by atoms with Gasteiger partial charge in [-0.1, -0.05) is 139 Å². The zero-order chi connectivity index (χ0) is 39.4. The summed E-state index contributed by atoms with van der Waals surface area (Å²) in [6.45, 7) is 0. The summed E-state index contributed by atoms with van der Waals surface area (Å²) in [5.74, 6) is 6.93. The predicted molar refractivity (Wildman–Crippen MR) is 241 cm³/mol. The molecule has 0 amide bonds. The van der Waals surface area contributed by atoms with Crippen molar-refractivity contribution in [3.8, 4) is 79.0 Å². The molecule has 288 valence electrons. The van der Waals surface area contributed by atoms with Gasteiger partial charge >= 0.3 is 0 Å². The van der Waals surface area contributed by atoms with Gasteiger partial charge in [-0.15, -0.1) is 0 Å². The van der Waals surface area contributed by atoms with Crippen LogP contribution in [0.4, 0.5) is 0 Å². The Labute approximate surface area is 354 Å². The standard InChI is InChI=1S/C55H41N3OS/c1-3-10-35(11-4-1)37-18-20-38(21-19-37)52-56-53(40-15-9-14-39(29-40)36-12-5-2-6-13-36)58-54(57-52)41-22-23-44-45-31-51-49(59-48-16-7-8-17-50(48)60-51)32-47(45)55(46(44)30-41)42-25-33-24-34(27-42)28-43(55)26-33/h1-23,29-34,42-43H,24-28H2. The Bertz CT molecular complexity index is 2970. The van der Waals surface area contributed by atoms with Gasteiger partial charge in [0.05, 0.1) is 9.79 Å². The van der Waals surface area contributed by atoms with Crippen LogP contribution in [0.1, 0.15) is 43.2 Å². The first-order valence-corrected chi connectivity index (χ1v) is 22.3. The summed E-state index contributed by atoms with van der Waals surface area (Å²) in [5.41, 5.74) is 13.3. The maximum Gasteiger partial charge on any atom is 0.164 e. The molecule has 5 aliphatic carbocycles. The molecule has 1 aromatic heterocycles. The Balaban J connectivity index is 0.978. The predicted octanol–water partition coefficient (Wildman–Crippen LogP) is 14.2. The van der Waals surface area contributed by atoms with Crippen LogP contribution < -0.4 is 4.74 Å². The highest BCUT2D eigenvalue weighted by Crippen LogP contribution is 2.70. The van der Waals surface area contributed by atoms with Crippen LogP contribution in [0.2, 0.25) is 0 Å². The average molecular weight is 792 g/mol. The van der Waals surface area contributed by atoms with E-state index in [1.807, 2.05) is 11.8 Å². The van der Waals surface area contributed by atoms with E-state index in [9.17, 15) is 0 Å². The molecule has 7 aromatic carbocycles. The quantitative estimate of drug-likeness (QED) is 0.174. The molecular weight excluding hydrogens is 751 g/mol. The van der Waals surface area contributed by atoms with Gasteiger partial charge in [-0.2, -0.15) is 0 Å².